The van der Waals surface area contributed by atoms with Gasteiger partial charge in [-0.25, -0.2) is 0 Å². The van der Waals surface area contributed by atoms with Crippen LogP contribution in [0.4, 0.5) is 11.4 Å². The summed E-state index contributed by atoms with van der Waals surface area (Å²) in [6.07, 6.45) is 8.56. The van der Waals surface area contributed by atoms with Gasteiger partial charge in [0, 0.05) is 24.5 Å². The minimum Gasteiger partial charge on any atom is -0.399 e. The van der Waals surface area contributed by atoms with Crippen LogP contribution in [-0.4, -0.2) is 13.1 Å². The Bertz CT molecular complexity index is 433. The molecule has 0 amide bonds. The van der Waals surface area contributed by atoms with Crippen LogP contribution in [0, 0.1) is 12.3 Å². The number of hydrogen-bond acceptors (Lipinski definition) is 2. The van der Waals surface area contributed by atoms with Crippen molar-refractivity contribution >= 4 is 11.4 Å². The third-order valence-corrected chi connectivity index (χ3v) is 4.93. The van der Waals surface area contributed by atoms with Gasteiger partial charge in [0.05, 0.1) is 0 Å². The van der Waals surface area contributed by atoms with E-state index in [-0.39, 0.29) is 0 Å². The maximum absolute atomic E-state index is 5.94. The summed E-state index contributed by atoms with van der Waals surface area (Å²) >= 11 is 0. The smallest absolute Gasteiger partial charge is 0.0416 e. The molecule has 98 valence electrons. The van der Waals surface area contributed by atoms with Crippen LogP contribution in [0.5, 0.6) is 0 Å². The van der Waals surface area contributed by atoms with E-state index in [1.165, 1.54) is 62.9 Å². The molecule has 1 aromatic rings. The van der Waals surface area contributed by atoms with Gasteiger partial charge in [-0.2, -0.15) is 0 Å². The topological polar surface area (TPSA) is 29.3 Å². The lowest BCUT2D eigenvalue weighted by Crippen LogP contribution is -2.29. The molecule has 0 bridgehead atoms. The van der Waals surface area contributed by atoms with E-state index in [9.17, 15) is 0 Å². The number of nitrogens with zero attached hydrogens (tertiary/aromatic N) is 1. The van der Waals surface area contributed by atoms with Gasteiger partial charge in [0.1, 0.15) is 0 Å². The molecule has 18 heavy (non-hydrogen) atoms. The van der Waals surface area contributed by atoms with Crippen molar-refractivity contribution in [2.45, 2.75) is 45.4 Å². The summed E-state index contributed by atoms with van der Waals surface area (Å²) in [5.74, 6) is 0. The fraction of sp³-hybridized carbons (Fsp3) is 0.625. The van der Waals surface area contributed by atoms with Crippen molar-refractivity contribution in [2.24, 2.45) is 5.41 Å². The zero-order valence-electron chi connectivity index (χ0n) is 11.4. The quantitative estimate of drug-likeness (QED) is 0.763. The first-order valence-electron chi connectivity index (χ1n) is 7.30. The molecule has 0 radical (unpaired) electrons. The largest absolute Gasteiger partial charge is 0.399 e. The lowest BCUT2D eigenvalue weighted by molar-refractivity contribution is 0.219. The normalized spacial score (nSPS) is 22.6. The van der Waals surface area contributed by atoms with Crippen LogP contribution in [0.2, 0.25) is 0 Å². The second-order valence-electron chi connectivity index (χ2n) is 6.28. The Morgan fingerprint density at radius 1 is 1.11 bits per heavy atom. The third-order valence-electron chi connectivity index (χ3n) is 4.93. The Labute approximate surface area is 110 Å². The highest BCUT2D eigenvalue weighted by molar-refractivity contribution is 5.61. The second kappa shape index (κ2) is 4.49. The van der Waals surface area contributed by atoms with E-state index in [2.05, 4.69) is 24.0 Å². The van der Waals surface area contributed by atoms with Crippen LogP contribution in [0.3, 0.4) is 0 Å². The standard InChI is InChI=1S/C16H24N2/c1-13-5-6-14(17)11-15(13)18-10-9-16(12-18)7-3-2-4-8-16/h5-6,11H,2-4,7-10,12,17H2,1H3. The molecule has 1 spiro atoms. The zero-order chi connectivity index (χ0) is 12.6. The summed E-state index contributed by atoms with van der Waals surface area (Å²) in [6.45, 7) is 4.65. The van der Waals surface area contributed by atoms with Gasteiger partial charge >= 0.3 is 0 Å². The number of nitrogen functional groups attached to an aromatic ring is 1. The summed E-state index contributed by atoms with van der Waals surface area (Å²) < 4.78 is 0. The number of rotatable bonds is 1. The predicted molar refractivity (Wildman–Crippen MR) is 77.9 cm³/mol. The molecule has 2 fully saturated rings. The van der Waals surface area contributed by atoms with Crippen LogP contribution < -0.4 is 10.6 Å². The second-order valence-corrected chi connectivity index (χ2v) is 6.28. The Morgan fingerprint density at radius 3 is 2.67 bits per heavy atom. The Hall–Kier alpha value is -1.18. The van der Waals surface area contributed by atoms with Crippen LogP contribution in [-0.2, 0) is 0 Å². The zero-order valence-corrected chi connectivity index (χ0v) is 11.4. The number of hydrogen-bond donors (Lipinski definition) is 1. The number of benzene rings is 1. The Kier molecular flexibility index (Phi) is 2.96. The molecule has 1 aromatic carbocycles. The molecule has 2 N–H and O–H groups in total. The van der Waals surface area contributed by atoms with Gasteiger partial charge in [0.2, 0.25) is 0 Å². The summed E-state index contributed by atoms with van der Waals surface area (Å²) in [5.41, 5.74) is 10.2. The van der Waals surface area contributed by atoms with Gasteiger partial charge in [0.25, 0.3) is 0 Å². The van der Waals surface area contributed by atoms with E-state index in [1.54, 1.807) is 0 Å². The van der Waals surface area contributed by atoms with E-state index in [0.717, 1.165) is 5.69 Å². The van der Waals surface area contributed by atoms with Crippen LogP contribution in [0.15, 0.2) is 18.2 Å². The lowest BCUT2D eigenvalue weighted by Gasteiger charge is -2.33. The first-order valence-corrected chi connectivity index (χ1v) is 7.30. The van der Waals surface area contributed by atoms with Gasteiger partial charge in [-0.05, 0) is 49.3 Å². The fourth-order valence-corrected chi connectivity index (χ4v) is 3.82. The molecular formula is C16H24N2. The molecule has 0 atom stereocenters. The maximum Gasteiger partial charge on any atom is 0.0416 e. The highest BCUT2D eigenvalue weighted by atomic mass is 15.2. The first-order chi connectivity index (χ1) is 8.69. The van der Waals surface area contributed by atoms with Crippen molar-refractivity contribution in [3.05, 3.63) is 23.8 Å². The van der Waals surface area contributed by atoms with Gasteiger partial charge in [-0.1, -0.05) is 25.3 Å². The maximum atomic E-state index is 5.94. The van der Waals surface area contributed by atoms with E-state index in [4.69, 9.17) is 5.73 Å². The van der Waals surface area contributed by atoms with Crippen molar-refractivity contribution in [3.8, 4) is 0 Å². The van der Waals surface area contributed by atoms with Gasteiger partial charge in [-0.15, -0.1) is 0 Å². The van der Waals surface area contributed by atoms with E-state index in [1.807, 2.05) is 6.07 Å². The van der Waals surface area contributed by atoms with Crippen molar-refractivity contribution < 1.29 is 0 Å². The Morgan fingerprint density at radius 2 is 1.89 bits per heavy atom. The fourth-order valence-electron chi connectivity index (χ4n) is 3.82. The SMILES string of the molecule is Cc1ccc(N)cc1N1CCC2(CCCCC2)C1. The van der Waals surface area contributed by atoms with E-state index >= 15 is 0 Å². The van der Waals surface area contributed by atoms with Crippen molar-refractivity contribution in [3.63, 3.8) is 0 Å². The summed E-state index contributed by atoms with van der Waals surface area (Å²) in [6, 6.07) is 6.30. The van der Waals surface area contributed by atoms with Crippen molar-refractivity contribution in [2.75, 3.05) is 23.7 Å². The molecule has 2 nitrogen and oxygen atoms in total. The minimum atomic E-state index is 0.620. The molecular weight excluding hydrogens is 220 g/mol. The molecule has 3 rings (SSSR count). The molecule has 1 saturated heterocycles. The number of nitrogens with two attached hydrogens (primary N) is 1. The van der Waals surface area contributed by atoms with Crippen LogP contribution >= 0.6 is 0 Å². The molecule has 0 unspecified atom stereocenters. The monoisotopic (exact) mass is 244 g/mol. The van der Waals surface area contributed by atoms with Gasteiger partial charge < -0.3 is 10.6 Å². The van der Waals surface area contributed by atoms with Crippen molar-refractivity contribution in [1.29, 1.82) is 0 Å². The molecule has 2 heteroatoms. The summed E-state index contributed by atoms with van der Waals surface area (Å²) in [5, 5.41) is 0. The van der Waals surface area contributed by atoms with Crippen molar-refractivity contribution in [1.82, 2.24) is 0 Å². The first kappa shape index (κ1) is 11.9. The number of anilines is 2. The van der Waals surface area contributed by atoms with Crippen LogP contribution in [0.1, 0.15) is 44.1 Å². The average Bonchev–Trinajstić information content (AvgIpc) is 2.77. The molecule has 0 aromatic heterocycles. The summed E-state index contributed by atoms with van der Waals surface area (Å²) in [4.78, 5) is 2.57. The van der Waals surface area contributed by atoms with E-state index < -0.39 is 0 Å². The molecule has 1 aliphatic carbocycles. The summed E-state index contributed by atoms with van der Waals surface area (Å²) in [7, 11) is 0. The minimum absolute atomic E-state index is 0.620. The average molecular weight is 244 g/mol. The Balaban J connectivity index is 1.80. The molecule has 1 saturated carbocycles. The number of aryl methyl sites for hydroxylation is 1. The van der Waals surface area contributed by atoms with Crippen LogP contribution in [0.25, 0.3) is 0 Å². The highest BCUT2D eigenvalue weighted by Crippen LogP contribution is 2.45. The molecule has 1 heterocycles. The predicted octanol–water partition coefficient (Wildman–Crippen LogP) is 3.74. The van der Waals surface area contributed by atoms with Gasteiger partial charge in [-0.3, -0.25) is 0 Å². The van der Waals surface area contributed by atoms with Gasteiger partial charge in [0.15, 0.2) is 0 Å². The molecule has 2 aliphatic rings. The highest BCUT2D eigenvalue weighted by Gasteiger charge is 2.39. The third kappa shape index (κ3) is 2.09. The van der Waals surface area contributed by atoms with E-state index in [0.29, 0.717) is 5.41 Å². The lowest BCUT2D eigenvalue weighted by atomic mass is 9.73. The molecule has 1 aliphatic heterocycles.